The number of hydrogen-bond acceptors (Lipinski definition) is 4. The number of rotatable bonds is 6. The van der Waals surface area contributed by atoms with E-state index in [1.807, 2.05) is 6.07 Å². The number of likely N-dealkylation sites (N-methyl/N-ethyl adjacent to an activating group) is 1. The van der Waals surface area contributed by atoms with E-state index in [1.54, 1.807) is 24.3 Å². The van der Waals surface area contributed by atoms with Crippen molar-refractivity contribution in [3.8, 4) is 0 Å². The SMILES string of the molecule is CCN(CC)CCNc1ccc(Cl)c2oc3c(Cl)cccc3c(=O)c12. The Hall–Kier alpha value is -1.75. The minimum Gasteiger partial charge on any atom is -0.453 e. The lowest BCUT2D eigenvalue weighted by molar-refractivity contribution is 0.316. The van der Waals surface area contributed by atoms with Crippen molar-refractivity contribution >= 4 is 50.8 Å². The highest BCUT2D eigenvalue weighted by Crippen LogP contribution is 2.32. The zero-order valence-corrected chi connectivity index (χ0v) is 15.7. The van der Waals surface area contributed by atoms with Gasteiger partial charge in [-0.05, 0) is 37.4 Å². The van der Waals surface area contributed by atoms with Crippen LogP contribution in [0.25, 0.3) is 21.9 Å². The maximum atomic E-state index is 13.0. The van der Waals surface area contributed by atoms with Crippen LogP contribution in [0.5, 0.6) is 0 Å². The van der Waals surface area contributed by atoms with Crippen LogP contribution in [0.4, 0.5) is 5.69 Å². The zero-order chi connectivity index (χ0) is 18.0. The molecule has 0 aliphatic rings. The van der Waals surface area contributed by atoms with E-state index in [0.717, 1.165) is 31.9 Å². The van der Waals surface area contributed by atoms with Gasteiger partial charge in [-0.1, -0.05) is 43.1 Å². The van der Waals surface area contributed by atoms with Crippen molar-refractivity contribution in [1.82, 2.24) is 4.90 Å². The quantitative estimate of drug-likeness (QED) is 0.612. The van der Waals surface area contributed by atoms with Crippen LogP contribution in [-0.4, -0.2) is 31.1 Å². The average Bonchev–Trinajstić information content (AvgIpc) is 2.62. The fraction of sp³-hybridized carbons (Fsp3) is 0.316. The summed E-state index contributed by atoms with van der Waals surface area (Å²) in [5.74, 6) is 0. The molecule has 3 rings (SSSR count). The Morgan fingerprint density at radius 1 is 1.04 bits per heavy atom. The molecule has 0 atom stereocenters. The van der Waals surface area contributed by atoms with E-state index in [-0.39, 0.29) is 5.43 Å². The van der Waals surface area contributed by atoms with Gasteiger partial charge in [-0.15, -0.1) is 0 Å². The van der Waals surface area contributed by atoms with Gasteiger partial charge in [-0.2, -0.15) is 0 Å². The summed E-state index contributed by atoms with van der Waals surface area (Å²) >= 11 is 12.4. The van der Waals surface area contributed by atoms with Gasteiger partial charge in [0.15, 0.2) is 11.2 Å². The highest BCUT2D eigenvalue weighted by Gasteiger charge is 2.16. The Balaban J connectivity index is 2.08. The third-order valence-corrected chi connectivity index (χ3v) is 4.99. The fourth-order valence-electron chi connectivity index (χ4n) is 2.95. The van der Waals surface area contributed by atoms with Gasteiger partial charge < -0.3 is 14.6 Å². The van der Waals surface area contributed by atoms with Crippen molar-refractivity contribution in [2.24, 2.45) is 0 Å². The van der Waals surface area contributed by atoms with Crippen molar-refractivity contribution < 1.29 is 4.42 Å². The molecule has 3 aromatic rings. The Bertz CT molecular complexity index is 965. The van der Waals surface area contributed by atoms with Crippen molar-refractivity contribution in [3.05, 3.63) is 50.6 Å². The maximum absolute atomic E-state index is 13.0. The average molecular weight is 379 g/mol. The normalized spacial score (nSPS) is 11.6. The van der Waals surface area contributed by atoms with Gasteiger partial charge in [-0.25, -0.2) is 0 Å². The summed E-state index contributed by atoms with van der Waals surface area (Å²) in [4.78, 5) is 15.3. The summed E-state index contributed by atoms with van der Waals surface area (Å²) in [6, 6.07) is 8.70. The van der Waals surface area contributed by atoms with Gasteiger partial charge in [0.2, 0.25) is 5.43 Å². The summed E-state index contributed by atoms with van der Waals surface area (Å²) in [6.45, 7) is 7.86. The molecular formula is C19H20Cl2N2O2. The minimum absolute atomic E-state index is 0.133. The predicted octanol–water partition coefficient (Wildman–Crippen LogP) is 5.01. The van der Waals surface area contributed by atoms with E-state index in [2.05, 4.69) is 24.1 Å². The lowest BCUT2D eigenvalue weighted by Crippen LogP contribution is -2.28. The molecule has 0 saturated carbocycles. The summed E-state index contributed by atoms with van der Waals surface area (Å²) < 4.78 is 5.88. The largest absolute Gasteiger partial charge is 0.453 e. The Kier molecular flexibility index (Phi) is 5.52. The van der Waals surface area contributed by atoms with E-state index in [9.17, 15) is 4.79 Å². The molecule has 132 valence electrons. The van der Waals surface area contributed by atoms with E-state index in [4.69, 9.17) is 27.6 Å². The molecule has 25 heavy (non-hydrogen) atoms. The second kappa shape index (κ2) is 7.65. The molecule has 4 nitrogen and oxygen atoms in total. The third kappa shape index (κ3) is 3.47. The van der Waals surface area contributed by atoms with E-state index < -0.39 is 0 Å². The van der Waals surface area contributed by atoms with E-state index >= 15 is 0 Å². The van der Waals surface area contributed by atoms with Crippen molar-refractivity contribution in [3.63, 3.8) is 0 Å². The summed E-state index contributed by atoms with van der Waals surface area (Å²) in [7, 11) is 0. The molecule has 0 fully saturated rings. The summed E-state index contributed by atoms with van der Waals surface area (Å²) in [5.41, 5.74) is 1.32. The fourth-order valence-corrected chi connectivity index (χ4v) is 3.36. The number of benzene rings is 2. The Labute approximate surface area is 156 Å². The van der Waals surface area contributed by atoms with Crippen molar-refractivity contribution in [1.29, 1.82) is 0 Å². The van der Waals surface area contributed by atoms with Gasteiger partial charge in [0.05, 0.1) is 20.8 Å². The van der Waals surface area contributed by atoms with Crippen LogP contribution >= 0.6 is 23.2 Å². The molecule has 0 unspecified atom stereocenters. The molecule has 0 bridgehead atoms. The molecule has 0 saturated heterocycles. The van der Waals surface area contributed by atoms with E-state index in [1.165, 1.54) is 0 Å². The first kappa shape index (κ1) is 18.1. The monoisotopic (exact) mass is 378 g/mol. The standard InChI is InChI=1S/C19H20Cl2N2O2/c1-3-23(4-2)11-10-22-15-9-8-14(21)19-16(15)17(24)12-6-5-7-13(20)18(12)25-19/h5-9,22H,3-4,10-11H2,1-2H3. The number of anilines is 1. The van der Waals surface area contributed by atoms with Crippen LogP contribution in [0.2, 0.25) is 10.0 Å². The highest BCUT2D eigenvalue weighted by atomic mass is 35.5. The van der Waals surface area contributed by atoms with Crippen LogP contribution in [0.3, 0.4) is 0 Å². The number of fused-ring (bicyclic) bond motifs is 2. The molecular weight excluding hydrogens is 359 g/mol. The third-order valence-electron chi connectivity index (χ3n) is 4.39. The molecule has 0 aliphatic heterocycles. The van der Waals surface area contributed by atoms with Gasteiger partial charge in [0.1, 0.15) is 0 Å². The lowest BCUT2D eigenvalue weighted by atomic mass is 10.1. The van der Waals surface area contributed by atoms with Crippen LogP contribution in [0.1, 0.15) is 13.8 Å². The van der Waals surface area contributed by atoms with Gasteiger partial charge in [0, 0.05) is 18.8 Å². The number of halogens is 2. The molecule has 0 aliphatic carbocycles. The predicted molar refractivity (Wildman–Crippen MR) is 106 cm³/mol. The Morgan fingerprint density at radius 2 is 1.76 bits per heavy atom. The van der Waals surface area contributed by atoms with Gasteiger partial charge in [-0.3, -0.25) is 4.79 Å². The molecule has 0 spiro atoms. The van der Waals surface area contributed by atoms with Crippen molar-refractivity contribution in [2.75, 3.05) is 31.5 Å². The van der Waals surface area contributed by atoms with Crippen molar-refractivity contribution in [2.45, 2.75) is 13.8 Å². The highest BCUT2D eigenvalue weighted by molar-refractivity contribution is 6.36. The number of nitrogens with zero attached hydrogens (tertiary/aromatic N) is 1. The second-order valence-electron chi connectivity index (χ2n) is 5.80. The number of para-hydroxylation sites is 1. The molecule has 2 aromatic carbocycles. The van der Waals surface area contributed by atoms with E-state index in [0.29, 0.717) is 32.0 Å². The van der Waals surface area contributed by atoms with Crippen LogP contribution in [0.15, 0.2) is 39.5 Å². The zero-order valence-electron chi connectivity index (χ0n) is 14.2. The second-order valence-corrected chi connectivity index (χ2v) is 6.61. The maximum Gasteiger partial charge on any atom is 0.202 e. The first-order chi connectivity index (χ1) is 12.1. The lowest BCUT2D eigenvalue weighted by Gasteiger charge is -2.19. The molecule has 0 amide bonds. The molecule has 1 N–H and O–H groups in total. The molecule has 1 aromatic heterocycles. The topological polar surface area (TPSA) is 45.5 Å². The summed E-state index contributed by atoms with van der Waals surface area (Å²) in [5, 5.41) is 5.04. The minimum atomic E-state index is -0.133. The van der Waals surface area contributed by atoms with Crippen LogP contribution in [0, 0.1) is 0 Å². The van der Waals surface area contributed by atoms with Gasteiger partial charge >= 0.3 is 0 Å². The smallest absolute Gasteiger partial charge is 0.202 e. The summed E-state index contributed by atoms with van der Waals surface area (Å²) in [6.07, 6.45) is 0. The first-order valence-electron chi connectivity index (χ1n) is 8.36. The van der Waals surface area contributed by atoms with Gasteiger partial charge in [0.25, 0.3) is 0 Å². The molecule has 6 heteroatoms. The Morgan fingerprint density at radius 3 is 2.48 bits per heavy atom. The number of nitrogens with one attached hydrogen (secondary N) is 1. The first-order valence-corrected chi connectivity index (χ1v) is 9.12. The molecule has 0 radical (unpaired) electrons. The molecule has 1 heterocycles. The number of hydrogen-bond donors (Lipinski definition) is 1. The van der Waals surface area contributed by atoms with Crippen LogP contribution in [-0.2, 0) is 0 Å². The van der Waals surface area contributed by atoms with Crippen LogP contribution < -0.4 is 10.7 Å².